The fourth-order valence-electron chi connectivity index (χ4n) is 10.8. The summed E-state index contributed by atoms with van der Waals surface area (Å²) in [6.45, 7) is 0. The number of anilines is 3. The summed E-state index contributed by atoms with van der Waals surface area (Å²) in [5.41, 5.74) is 12.9. The molecule has 0 N–H and O–H groups in total. The molecule has 0 bridgehead atoms. The summed E-state index contributed by atoms with van der Waals surface area (Å²) in [4.78, 5) is 5.15. The van der Waals surface area contributed by atoms with Crippen molar-refractivity contribution in [2.24, 2.45) is 0 Å². The first-order chi connectivity index (χ1) is 31.8. The van der Waals surface area contributed by atoms with E-state index in [9.17, 15) is 0 Å². The molecule has 1 heterocycles. The second kappa shape index (κ2) is 15.7. The maximum Gasteiger partial charge on any atom is 0.181 e. The molecule has 0 fully saturated rings. The minimum atomic E-state index is -2.83. The van der Waals surface area contributed by atoms with E-state index in [0.717, 1.165) is 11.4 Å². The van der Waals surface area contributed by atoms with E-state index in [1.165, 1.54) is 80.7 Å². The molecule has 0 aromatic heterocycles. The average molecular weight is 850 g/mol. The lowest BCUT2D eigenvalue weighted by molar-refractivity contribution is 0.768. The highest BCUT2D eigenvalue weighted by Crippen LogP contribution is 2.57. The molecular weight excluding hydrogens is 807 g/mol. The van der Waals surface area contributed by atoms with Crippen LogP contribution in [-0.4, -0.2) is 8.07 Å². The largest absolute Gasteiger partial charge is 0.309 e. The third kappa shape index (κ3) is 5.85. The molecule has 0 saturated heterocycles. The Balaban J connectivity index is 1.15. The first-order valence-electron chi connectivity index (χ1n) is 22.1. The van der Waals surface area contributed by atoms with Gasteiger partial charge in [0.2, 0.25) is 0 Å². The van der Waals surface area contributed by atoms with Gasteiger partial charge in [0.25, 0.3) is 0 Å². The van der Waals surface area contributed by atoms with E-state index >= 15 is 0 Å². The van der Waals surface area contributed by atoms with Crippen LogP contribution in [0.3, 0.4) is 0 Å². The van der Waals surface area contributed by atoms with Crippen molar-refractivity contribution in [3.8, 4) is 22.3 Å². The normalized spacial score (nSPS) is 13.8. The monoisotopic (exact) mass is 849 g/mol. The van der Waals surface area contributed by atoms with Gasteiger partial charge < -0.3 is 4.90 Å². The fourth-order valence-corrected chi connectivity index (χ4v) is 17.9. The predicted octanol–water partition coefficient (Wildman–Crippen LogP) is 13.0. The van der Waals surface area contributed by atoms with Crippen molar-refractivity contribution in [3.63, 3.8) is 0 Å². The molecule has 1 aliphatic heterocycles. The Kier molecular flexibility index (Phi) is 9.40. The third-order valence-corrected chi connectivity index (χ3v) is 19.9. The van der Waals surface area contributed by atoms with Crippen molar-refractivity contribution in [2.45, 2.75) is 15.2 Å². The van der Waals surface area contributed by atoms with Crippen molar-refractivity contribution in [1.29, 1.82) is 0 Å². The summed E-state index contributed by atoms with van der Waals surface area (Å²) in [6, 6.07) is 97.3. The first kappa shape index (κ1) is 38.3. The molecule has 302 valence electrons. The van der Waals surface area contributed by atoms with E-state index in [-0.39, 0.29) is 0 Å². The number of nitrogens with zero attached hydrogens (tertiary/aromatic N) is 1. The highest BCUT2D eigenvalue weighted by molar-refractivity contribution is 8.00. The molecule has 10 aromatic rings. The Morgan fingerprint density at radius 1 is 0.359 bits per heavy atom. The average Bonchev–Trinajstić information content (AvgIpc) is 3.68. The van der Waals surface area contributed by atoms with Crippen LogP contribution in [0, 0.1) is 0 Å². The Hall–Kier alpha value is -7.43. The highest BCUT2D eigenvalue weighted by atomic mass is 32.2. The van der Waals surface area contributed by atoms with Crippen LogP contribution >= 0.6 is 11.8 Å². The van der Waals surface area contributed by atoms with Crippen LogP contribution in [-0.2, 0) is 5.41 Å². The first-order valence-corrected chi connectivity index (χ1v) is 24.9. The summed E-state index contributed by atoms with van der Waals surface area (Å²) in [7, 11) is -2.83. The van der Waals surface area contributed by atoms with E-state index in [0.29, 0.717) is 0 Å². The van der Waals surface area contributed by atoms with E-state index in [4.69, 9.17) is 0 Å². The van der Waals surface area contributed by atoms with E-state index in [2.05, 4.69) is 266 Å². The lowest BCUT2D eigenvalue weighted by Gasteiger charge is -2.41. The minimum Gasteiger partial charge on any atom is -0.309 e. The van der Waals surface area contributed by atoms with Gasteiger partial charge in [0.05, 0.1) is 11.1 Å². The highest BCUT2D eigenvalue weighted by Gasteiger charge is 2.49. The SMILES string of the molecule is c1ccc(-c2ccc(N(c3ccc4c(c3)C(c3ccccc3)(c3ccccc3)c3ccccc3-4)c3cccc4c3Sc3ccccc3[Si]4(c3ccccc3)c3ccccc3)cc2)cc1. The van der Waals surface area contributed by atoms with Gasteiger partial charge in [-0.15, -0.1) is 0 Å². The molecule has 0 amide bonds. The summed E-state index contributed by atoms with van der Waals surface area (Å²) >= 11 is 1.92. The van der Waals surface area contributed by atoms with Gasteiger partial charge in [-0.25, -0.2) is 0 Å². The van der Waals surface area contributed by atoms with Crippen molar-refractivity contribution in [3.05, 3.63) is 283 Å². The van der Waals surface area contributed by atoms with Gasteiger partial charge in [-0.05, 0) is 102 Å². The smallest absolute Gasteiger partial charge is 0.181 e. The summed E-state index contributed by atoms with van der Waals surface area (Å²) in [6.07, 6.45) is 0. The van der Waals surface area contributed by atoms with Gasteiger partial charge in [0, 0.05) is 21.2 Å². The van der Waals surface area contributed by atoms with Crippen LogP contribution in [0.1, 0.15) is 22.3 Å². The lowest BCUT2D eigenvalue weighted by Crippen LogP contribution is -2.76. The number of hydrogen-bond acceptors (Lipinski definition) is 2. The molecule has 64 heavy (non-hydrogen) atoms. The Bertz CT molecular complexity index is 3200. The van der Waals surface area contributed by atoms with Crippen molar-refractivity contribution in [2.75, 3.05) is 4.90 Å². The lowest BCUT2D eigenvalue weighted by atomic mass is 9.67. The number of fused-ring (bicyclic) bond motifs is 5. The molecule has 1 nitrogen and oxygen atoms in total. The standard InChI is InChI=1S/C61H43NSSi/c1-6-21-44(22-7-1)45-37-39-48(40-38-45)62(49-41-42-53-52-31-16-17-32-54(52)61(55(53)43-49,46-23-8-2-9-24-46)47-25-10-3-11-26-47)56-33-20-36-59-60(56)63-57-34-18-19-35-58(57)64(59,50-27-12-4-13-28-50)51-29-14-5-15-30-51/h1-43H. The molecule has 1 aliphatic carbocycles. The predicted molar refractivity (Wildman–Crippen MR) is 272 cm³/mol. The van der Waals surface area contributed by atoms with E-state index in [1.807, 2.05) is 11.8 Å². The van der Waals surface area contributed by atoms with Crippen LogP contribution in [0.25, 0.3) is 22.3 Å². The van der Waals surface area contributed by atoms with Gasteiger partial charge in [0.15, 0.2) is 8.07 Å². The van der Waals surface area contributed by atoms with Crippen LogP contribution < -0.4 is 25.6 Å². The van der Waals surface area contributed by atoms with Crippen molar-refractivity contribution in [1.82, 2.24) is 0 Å². The summed E-state index contributed by atoms with van der Waals surface area (Å²) in [5.74, 6) is 0. The second-order valence-corrected chi connectivity index (χ2v) is 21.5. The van der Waals surface area contributed by atoms with Crippen molar-refractivity contribution < 1.29 is 0 Å². The zero-order valence-electron chi connectivity index (χ0n) is 35.2. The van der Waals surface area contributed by atoms with Gasteiger partial charge in [-0.2, -0.15) is 0 Å². The zero-order valence-corrected chi connectivity index (χ0v) is 37.0. The number of rotatable bonds is 8. The number of benzene rings is 10. The zero-order chi connectivity index (χ0) is 42.5. The molecule has 0 atom stereocenters. The maximum absolute atomic E-state index is 2.83. The summed E-state index contributed by atoms with van der Waals surface area (Å²) in [5, 5.41) is 5.62. The fraction of sp³-hybridized carbons (Fsp3) is 0.0164. The van der Waals surface area contributed by atoms with Crippen LogP contribution in [0.5, 0.6) is 0 Å². The molecule has 10 aromatic carbocycles. The van der Waals surface area contributed by atoms with Gasteiger partial charge in [0.1, 0.15) is 0 Å². The molecule has 3 heteroatoms. The molecule has 0 spiro atoms. The topological polar surface area (TPSA) is 3.24 Å². The molecule has 12 rings (SSSR count). The van der Waals surface area contributed by atoms with E-state index < -0.39 is 13.5 Å². The Morgan fingerprint density at radius 2 is 0.859 bits per heavy atom. The van der Waals surface area contributed by atoms with Crippen LogP contribution in [0.4, 0.5) is 17.1 Å². The molecule has 2 aliphatic rings. The molecule has 0 radical (unpaired) electrons. The maximum atomic E-state index is 2.54. The van der Waals surface area contributed by atoms with Gasteiger partial charge in [-0.3, -0.25) is 0 Å². The van der Waals surface area contributed by atoms with Crippen LogP contribution in [0.2, 0.25) is 0 Å². The second-order valence-electron chi connectivity index (χ2n) is 16.7. The van der Waals surface area contributed by atoms with Gasteiger partial charge >= 0.3 is 0 Å². The quantitative estimate of drug-likeness (QED) is 0.140. The third-order valence-electron chi connectivity index (χ3n) is 13.5. The summed E-state index contributed by atoms with van der Waals surface area (Å²) < 4.78 is 0. The van der Waals surface area contributed by atoms with Crippen LogP contribution in [0.15, 0.2) is 271 Å². The molecule has 0 unspecified atom stereocenters. The van der Waals surface area contributed by atoms with Crippen molar-refractivity contribution >= 4 is 57.6 Å². The Morgan fingerprint density at radius 3 is 1.52 bits per heavy atom. The van der Waals surface area contributed by atoms with Gasteiger partial charge in [-0.1, -0.05) is 236 Å². The Labute approximate surface area is 381 Å². The number of hydrogen-bond donors (Lipinski definition) is 0. The molecular formula is C61H43NSSi. The molecule has 0 saturated carbocycles. The minimum absolute atomic E-state index is 0.528. The van der Waals surface area contributed by atoms with E-state index in [1.54, 1.807) is 0 Å².